The zero-order valence-corrected chi connectivity index (χ0v) is 17.9. The largest absolute Gasteiger partial charge is 0.490 e. The minimum Gasteiger partial charge on any atom is -0.490 e. The molecule has 0 bridgehead atoms. The van der Waals surface area contributed by atoms with Crippen molar-refractivity contribution < 1.29 is 19.1 Å². The van der Waals surface area contributed by atoms with Gasteiger partial charge in [0.15, 0.2) is 0 Å². The van der Waals surface area contributed by atoms with E-state index in [1.165, 1.54) is 12.8 Å². The molecule has 2 aromatic carbocycles. The third-order valence-electron chi connectivity index (χ3n) is 6.35. The standard InChI is InChI=1S/C25H27N3O4/c29-22(27-16-9-13-19(14-10-16)32-18-5-1-2-6-18)15-26-24(30)23-20-7-3-4-8-21(20)25(31)28(23)17-11-12-17/h3-4,7-10,13-14,17-18,23H,1-2,5-6,11-12,15H2,(H,26,30)(H,27,29). The summed E-state index contributed by atoms with van der Waals surface area (Å²) in [7, 11) is 0. The van der Waals surface area contributed by atoms with E-state index in [9.17, 15) is 14.4 Å². The van der Waals surface area contributed by atoms with Crippen LogP contribution in [0.25, 0.3) is 0 Å². The number of fused-ring (bicyclic) bond motifs is 1. The molecule has 32 heavy (non-hydrogen) atoms. The van der Waals surface area contributed by atoms with Crippen molar-refractivity contribution in [2.45, 2.75) is 56.7 Å². The van der Waals surface area contributed by atoms with Gasteiger partial charge in [-0.2, -0.15) is 0 Å². The van der Waals surface area contributed by atoms with Crippen LogP contribution in [0.1, 0.15) is 60.5 Å². The number of amides is 3. The second-order valence-corrected chi connectivity index (χ2v) is 8.75. The normalized spacial score (nSPS) is 20.2. The summed E-state index contributed by atoms with van der Waals surface area (Å²) in [6.07, 6.45) is 6.71. The van der Waals surface area contributed by atoms with E-state index >= 15 is 0 Å². The minimum atomic E-state index is -0.675. The fourth-order valence-electron chi connectivity index (χ4n) is 4.62. The summed E-state index contributed by atoms with van der Waals surface area (Å²) in [5.74, 6) is 0.0459. The van der Waals surface area contributed by atoms with Crippen LogP contribution in [-0.4, -0.2) is 41.3 Å². The van der Waals surface area contributed by atoms with Gasteiger partial charge in [-0.3, -0.25) is 14.4 Å². The van der Waals surface area contributed by atoms with Crippen LogP contribution in [-0.2, 0) is 9.59 Å². The number of rotatable bonds is 7. The molecule has 0 aromatic heterocycles. The van der Waals surface area contributed by atoms with Gasteiger partial charge in [0.2, 0.25) is 11.8 Å². The number of hydrogen-bond donors (Lipinski definition) is 2. The van der Waals surface area contributed by atoms with Gasteiger partial charge in [-0.05, 0) is 74.4 Å². The van der Waals surface area contributed by atoms with Gasteiger partial charge < -0.3 is 20.3 Å². The number of carbonyl (C=O) groups is 3. The van der Waals surface area contributed by atoms with Gasteiger partial charge in [0, 0.05) is 17.3 Å². The van der Waals surface area contributed by atoms with E-state index in [4.69, 9.17) is 4.74 Å². The number of benzene rings is 2. The Morgan fingerprint density at radius 2 is 1.69 bits per heavy atom. The third-order valence-corrected chi connectivity index (χ3v) is 6.35. The van der Waals surface area contributed by atoms with E-state index in [0.29, 0.717) is 16.8 Å². The summed E-state index contributed by atoms with van der Waals surface area (Å²) >= 11 is 0. The lowest BCUT2D eigenvalue weighted by molar-refractivity contribution is -0.127. The molecule has 166 valence electrons. The lowest BCUT2D eigenvalue weighted by atomic mass is 10.0. The lowest BCUT2D eigenvalue weighted by Gasteiger charge is -2.24. The lowest BCUT2D eigenvalue weighted by Crippen LogP contribution is -2.42. The van der Waals surface area contributed by atoms with E-state index in [-0.39, 0.29) is 36.4 Å². The zero-order valence-electron chi connectivity index (χ0n) is 17.9. The van der Waals surface area contributed by atoms with Crippen molar-refractivity contribution in [2.24, 2.45) is 0 Å². The van der Waals surface area contributed by atoms with Crippen LogP contribution in [0.5, 0.6) is 5.75 Å². The highest BCUT2D eigenvalue weighted by Gasteiger charge is 2.47. The topological polar surface area (TPSA) is 87.7 Å². The van der Waals surface area contributed by atoms with Gasteiger partial charge in [0.1, 0.15) is 11.8 Å². The number of ether oxygens (including phenoxy) is 1. The summed E-state index contributed by atoms with van der Waals surface area (Å²) in [6.45, 7) is -0.162. The van der Waals surface area contributed by atoms with Gasteiger partial charge in [-0.25, -0.2) is 0 Å². The highest BCUT2D eigenvalue weighted by Crippen LogP contribution is 2.41. The van der Waals surface area contributed by atoms with Gasteiger partial charge in [-0.15, -0.1) is 0 Å². The summed E-state index contributed by atoms with van der Waals surface area (Å²) in [6, 6.07) is 13.9. The maximum absolute atomic E-state index is 13.0. The van der Waals surface area contributed by atoms with Crippen molar-refractivity contribution in [1.82, 2.24) is 10.2 Å². The summed E-state index contributed by atoms with van der Waals surface area (Å²) < 4.78 is 5.94. The number of carbonyl (C=O) groups excluding carboxylic acids is 3. The SMILES string of the molecule is O=C(CNC(=O)C1c2ccccc2C(=O)N1C1CC1)Nc1ccc(OC2CCCC2)cc1. The van der Waals surface area contributed by atoms with Gasteiger partial charge in [0.05, 0.1) is 12.6 Å². The number of nitrogens with one attached hydrogen (secondary N) is 2. The van der Waals surface area contributed by atoms with Crippen LogP contribution in [0.15, 0.2) is 48.5 Å². The van der Waals surface area contributed by atoms with E-state index in [0.717, 1.165) is 31.4 Å². The molecule has 0 saturated heterocycles. The number of hydrogen-bond acceptors (Lipinski definition) is 4. The Kier molecular flexibility index (Phi) is 5.55. The molecule has 7 heteroatoms. The Bertz CT molecular complexity index is 1030. The molecule has 2 N–H and O–H groups in total. The summed E-state index contributed by atoms with van der Waals surface area (Å²) in [4.78, 5) is 39.8. The average molecular weight is 434 g/mol. The molecule has 2 aromatic rings. The Hall–Kier alpha value is -3.35. The van der Waals surface area contributed by atoms with Crippen LogP contribution in [0, 0.1) is 0 Å². The predicted molar refractivity (Wildman–Crippen MR) is 119 cm³/mol. The van der Waals surface area contributed by atoms with E-state index < -0.39 is 6.04 Å². The molecule has 1 heterocycles. The molecule has 2 fully saturated rings. The molecule has 1 atom stereocenters. The Morgan fingerprint density at radius 1 is 0.969 bits per heavy atom. The number of nitrogens with zero attached hydrogens (tertiary/aromatic N) is 1. The Morgan fingerprint density at radius 3 is 2.41 bits per heavy atom. The van der Waals surface area contributed by atoms with Crippen molar-refractivity contribution in [3.8, 4) is 5.75 Å². The first-order valence-corrected chi connectivity index (χ1v) is 11.4. The highest BCUT2D eigenvalue weighted by molar-refractivity contribution is 6.05. The molecule has 1 aliphatic heterocycles. The summed E-state index contributed by atoms with van der Waals surface area (Å²) in [5, 5.41) is 5.50. The van der Waals surface area contributed by atoms with Crippen LogP contribution in [0.3, 0.4) is 0 Å². The molecule has 3 aliphatic rings. The molecule has 1 unspecified atom stereocenters. The van der Waals surface area contributed by atoms with Gasteiger partial charge >= 0.3 is 0 Å². The van der Waals surface area contributed by atoms with E-state index in [1.807, 2.05) is 24.3 Å². The van der Waals surface area contributed by atoms with Gasteiger partial charge in [-0.1, -0.05) is 18.2 Å². The Labute approximate surface area is 187 Å². The van der Waals surface area contributed by atoms with Crippen molar-refractivity contribution in [1.29, 1.82) is 0 Å². The summed E-state index contributed by atoms with van der Waals surface area (Å²) in [5.41, 5.74) is 1.92. The minimum absolute atomic E-state index is 0.101. The number of anilines is 1. The average Bonchev–Trinajstić information content (AvgIpc) is 3.43. The van der Waals surface area contributed by atoms with Crippen LogP contribution >= 0.6 is 0 Å². The van der Waals surface area contributed by atoms with Crippen LogP contribution in [0.4, 0.5) is 5.69 Å². The molecule has 0 spiro atoms. The van der Waals surface area contributed by atoms with Gasteiger partial charge in [0.25, 0.3) is 5.91 Å². The molecule has 2 aliphatic carbocycles. The molecular weight excluding hydrogens is 406 g/mol. The maximum Gasteiger partial charge on any atom is 0.255 e. The molecule has 7 nitrogen and oxygen atoms in total. The second kappa shape index (κ2) is 8.65. The maximum atomic E-state index is 13.0. The molecule has 5 rings (SSSR count). The Balaban J connectivity index is 1.17. The van der Waals surface area contributed by atoms with E-state index in [1.54, 1.807) is 29.2 Å². The van der Waals surface area contributed by atoms with Crippen molar-refractivity contribution in [3.63, 3.8) is 0 Å². The van der Waals surface area contributed by atoms with E-state index in [2.05, 4.69) is 10.6 Å². The fraction of sp³-hybridized carbons (Fsp3) is 0.400. The second-order valence-electron chi connectivity index (χ2n) is 8.75. The monoisotopic (exact) mass is 433 g/mol. The van der Waals surface area contributed by atoms with Crippen LogP contribution < -0.4 is 15.4 Å². The first kappa shape index (κ1) is 20.5. The van der Waals surface area contributed by atoms with Crippen LogP contribution in [0.2, 0.25) is 0 Å². The predicted octanol–water partition coefficient (Wildman–Crippen LogP) is 3.42. The third kappa shape index (κ3) is 4.20. The molecule has 3 amide bonds. The molecule has 2 saturated carbocycles. The first-order valence-electron chi connectivity index (χ1n) is 11.4. The van der Waals surface area contributed by atoms with Crippen molar-refractivity contribution in [3.05, 3.63) is 59.7 Å². The first-order chi connectivity index (χ1) is 15.6. The zero-order chi connectivity index (χ0) is 22.1. The highest BCUT2D eigenvalue weighted by atomic mass is 16.5. The molecular formula is C25H27N3O4. The smallest absolute Gasteiger partial charge is 0.255 e. The molecule has 0 radical (unpaired) electrons. The van der Waals surface area contributed by atoms with Crippen molar-refractivity contribution in [2.75, 3.05) is 11.9 Å². The van der Waals surface area contributed by atoms with Crippen molar-refractivity contribution >= 4 is 23.4 Å². The quantitative estimate of drug-likeness (QED) is 0.700. The fourth-order valence-corrected chi connectivity index (χ4v) is 4.62.